The van der Waals surface area contributed by atoms with Crippen molar-refractivity contribution < 1.29 is 14.3 Å². The number of methoxy groups -OCH3 is 1. The van der Waals surface area contributed by atoms with Crippen LogP contribution < -0.4 is 10.1 Å². The van der Waals surface area contributed by atoms with Gasteiger partial charge in [0.2, 0.25) is 11.8 Å². The predicted octanol–water partition coefficient (Wildman–Crippen LogP) is 4.99. The number of nitrogens with zero attached hydrogens (tertiary/aromatic N) is 1. The highest BCUT2D eigenvalue weighted by Gasteiger charge is 2.37. The molecule has 3 rings (SSSR count). The normalized spacial score (nSPS) is 11.0. The summed E-state index contributed by atoms with van der Waals surface area (Å²) in [6.07, 6.45) is 0.228. The zero-order chi connectivity index (χ0) is 23.1. The molecule has 0 aliphatic heterocycles. The van der Waals surface area contributed by atoms with Crippen molar-refractivity contribution in [2.45, 2.75) is 39.3 Å². The Morgan fingerprint density at radius 1 is 0.875 bits per heavy atom. The zero-order valence-electron chi connectivity index (χ0n) is 19.1. The fourth-order valence-corrected chi connectivity index (χ4v) is 3.42. The molecule has 0 heterocycles. The van der Waals surface area contributed by atoms with Gasteiger partial charge in [0, 0.05) is 12.2 Å². The van der Waals surface area contributed by atoms with E-state index in [-0.39, 0.29) is 18.2 Å². The van der Waals surface area contributed by atoms with E-state index in [4.69, 9.17) is 4.74 Å². The fraction of sp³-hybridized carbons (Fsp3) is 0.259. The molecule has 0 atom stereocenters. The van der Waals surface area contributed by atoms with Crippen molar-refractivity contribution in [3.8, 4) is 5.75 Å². The minimum absolute atomic E-state index is 0.105. The summed E-state index contributed by atoms with van der Waals surface area (Å²) in [5, 5.41) is 2.94. The Morgan fingerprint density at radius 2 is 1.50 bits per heavy atom. The van der Waals surface area contributed by atoms with Gasteiger partial charge in [0.1, 0.15) is 11.3 Å². The van der Waals surface area contributed by atoms with Crippen molar-refractivity contribution >= 4 is 17.5 Å². The molecular weight excluding hydrogens is 400 g/mol. The third kappa shape index (κ3) is 5.76. The first-order valence-electron chi connectivity index (χ1n) is 10.6. The summed E-state index contributed by atoms with van der Waals surface area (Å²) >= 11 is 0. The summed E-state index contributed by atoms with van der Waals surface area (Å²) in [5.41, 5.74) is 2.61. The van der Waals surface area contributed by atoms with Crippen molar-refractivity contribution in [3.05, 3.63) is 95.6 Å². The maximum atomic E-state index is 13.4. The third-order valence-electron chi connectivity index (χ3n) is 5.54. The first kappa shape index (κ1) is 23.1. The van der Waals surface area contributed by atoms with Gasteiger partial charge in [-0.2, -0.15) is 0 Å². The standard InChI is InChI=1S/C27H30N2O3/c1-20-10-12-22(13-11-20)19-29(25(30)18-21-8-6-5-7-9-21)27(2,3)26(31)28-23-14-16-24(32-4)17-15-23/h5-17H,18-19H2,1-4H3,(H,28,31). The number of ether oxygens (including phenoxy) is 1. The summed E-state index contributed by atoms with van der Waals surface area (Å²) < 4.78 is 5.18. The number of anilines is 1. The van der Waals surface area contributed by atoms with Crippen LogP contribution in [0.25, 0.3) is 0 Å². The molecule has 32 heavy (non-hydrogen) atoms. The van der Waals surface area contributed by atoms with Crippen LogP contribution in [-0.2, 0) is 22.6 Å². The molecule has 0 spiro atoms. The summed E-state index contributed by atoms with van der Waals surface area (Å²) in [6.45, 7) is 5.93. The van der Waals surface area contributed by atoms with Crippen molar-refractivity contribution in [2.24, 2.45) is 0 Å². The van der Waals surface area contributed by atoms with Crippen LogP contribution in [-0.4, -0.2) is 29.4 Å². The summed E-state index contributed by atoms with van der Waals surface area (Å²) in [7, 11) is 1.60. The predicted molar refractivity (Wildman–Crippen MR) is 128 cm³/mol. The smallest absolute Gasteiger partial charge is 0.249 e. The van der Waals surface area contributed by atoms with Crippen LogP contribution in [0.4, 0.5) is 5.69 Å². The largest absolute Gasteiger partial charge is 0.497 e. The van der Waals surface area contributed by atoms with Gasteiger partial charge in [0.05, 0.1) is 13.5 Å². The van der Waals surface area contributed by atoms with Crippen LogP contribution in [0.1, 0.15) is 30.5 Å². The Morgan fingerprint density at radius 3 is 2.09 bits per heavy atom. The van der Waals surface area contributed by atoms with Gasteiger partial charge >= 0.3 is 0 Å². The number of benzene rings is 3. The van der Waals surface area contributed by atoms with Gasteiger partial charge in [-0.15, -0.1) is 0 Å². The van der Waals surface area contributed by atoms with Gasteiger partial charge in [-0.05, 0) is 56.2 Å². The number of aryl methyl sites for hydroxylation is 1. The number of carbonyl (C=O) groups is 2. The molecule has 1 N–H and O–H groups in total. The first-order chi connectivity index (χ1) is 15.3. The van der Waals surface area contributed by atoms with Gasteiger partial charge < -0.3 is 15.0 Å². The molecule has 0 bridgehead atoms. The maximum absolute atomic E-state index is 13.4. The van der Waals surface area contributed by atoms with Crippen molar-refractivity contribution in [1.82, 2.24) is 4.90 Å². The van der Waals surface area contributed by atoms with E-state index in [2.05, 4.69) is 5.32 Å². The molecule has 0 aliphatic carbocycles. The van der Waals surface area contributed by atoms with Crippen LogP contribution in [0.3, 0.4) is 0 Å². The number of carbonyl (C=O) groups excluding carboxylic acids is 2. The average molecular weight is 431 g/mol. The molecule has 5 nitrogen and oxygen atoms in total. The molecule has 0 unspecified atom stereocenters. The topological polar surface area (TPSA) is 58.6 Å². The van der Waals surface area contributed by atoms with Crippen LogP contribution >= 0.6 is 0 Å². The van der Waals surface area contributed by atoms with Gasteiger partial charge in [0.25, 0.3) is 0 Å². The van der Waals surface area contributed by atoms with Crippen LogP contribution in [0.2, 0.25) is 0 Å². The van der Waals surface area contributed by atoms with E-state index in [1.165, 1.54) is 0 Å². The lowest BCUT2D eigenvalue weighted by atomic mass is 9.98. The van der Waals surface area contributed by atoms with Crippen LogP contribution in [0.15, 0.2) is 78.9 Å². The number of nitrogens with one attached hydrogen (secondary N) is 1. The zero-order valence-corrected chi connectivity index (χ0v) is 19.1. The fourth-order valence-electron chi connectivity index (χ4n) is 3.42. The number of amides is 2. The van der Waals surface area contributed by atoms with E-state index >= 15 is 0 Å². The van der Waals surface area contributed by atoms with E-state index in [0.29, 0.717) is 18.0 Å². The summed E-state index contributed by atoms with van der Waals surface area (Å²) in [5.74, 6) is 0.351. The molecular formula is C27H30N2O3. The van der Waals surface area contributed by atoms with Gasteiger partial charge in [-0.1, -0.05) is 60.2 Å². The minimum atomic E-state index is -1.07. The average Bonchev–Trinajstić information content (AvgIpc) is 2.79. The van der Waals surface area contributed by atoms with Gasteiger partial charge in [0.15, 0.2) is 0 Å². The summed E-state index contributed by atoms with van der Waals surface area (Å²) in [6, 6.07) is 24.7. The van der Waals surface area contributed by atoms with E-state index < -0.39 is 5.54 Å². The molecule has 0 aliphatic rings. The van der Waals surface area contributed by atoms with Crippen LogP contribution in [0.5, 0.6) is 5.75 Å². The Bertz CT molecular complexity index is 1040. The van der Waals surface area contributed by atoms with Crippen molar-refractivity contribution in [1.29, 1.82) is 0 Å². The molecule has 3 aromatic rings. The SMILES string of the molecule is COc1ccc(NC(=O)C(C)(C)N(Cc2ccc(C)cc2)C(=O)Cc2ccccc2)cc1. The first-order valence-corrected chi connectivity index (χ1v) is 10.6. The highest BCUT2D eigenvalue weighted by atomic mass is 16.5. The Kier molecular flexibility index (Phi) is 7.31. The monoisotopic (exact) mass is 430 g/mol. The van der Waals surface area contributed by atoms with Crippen LogP contribution in [0, 0.1) is 6.92 Å². The maximum Gasteiger partial charge on any atom is 0.249 e. The van der Waals surface area contributed by atoms with E-state index in [1.807, 2.05) is 61.5 Å². The number of hydrogen-bond acceptors (Lipinski definition) is 3. The van der Waals surface area contributed by atoms with Crippen molar-refractivity contribution in [3.63, 3.8) is 0 Å². The molecule has 2 amide bonds. The molecule has 3 aromatic carbocycles. The lowest BCUT2D eigenvalue weighted by Crippen LogP contribution is -2.55. The molecule has 0 fully saturated rings. The second-order valence-electron chi connectivity index (χ2n) is 8.37. The highest BCUT2D eigenvalue weighted by molar-refractivity contribution is 6.00. The third-order valence-corrected chi connectivity index (χ3v) is 5.54. The molecule has 166 valence electrons. The Labute approximate surface area is 190 Å². The van der Waals surface area contributed by atoms with Gasteiger partial charge in [-0.3, -0.25) is 9.59 Å². The molecule has 0 saturated heterocycles. The quantitative estimate of drug-likeness (QED) is 0.548. The Balaban J connectivity index is 1.85. The van der Waals surface area contributed by atoms with E-state index in [0.717, 1.165) is 16.7 Å². The molecule has 0 aromatic heterocycles. The lowest BCUT2D eigenvalue weighted by molar-refractivity contribution is -0.144. The van der Waals surface area contributed by atoms with E-state index in [1.54, 1.807) is 50.1 Å². The second kappa shape index (κ2) is 10.1. The molecule has 0 saturated carbocycles. The lowest BCUT2D eigenvalue weighted by Gasteiger charge is -2.37. The molecule has 0 radical (unpaired) electrons. The molecule has 5 heteroatoms. The highest BCUT2D eigenvalue weighted by Crippen LogP contribution is 2.23. The summed E-state index contributed by atoms with van der Waals surface area (Å²) in [4.78, 5) is 28.4. The minimum Gasteiger partial charge on any atom is -0.497 e. The van der Waals surface area contributed by atoms with Crippen molar-refractivity contribution in [2.75, 3.05) is 12.4 Å². The second-order valence-corrected chi connectivity index (χ2v) is 8.37. The van der Waals surface area contributed by atoms with E-state index in [9.17, 15) is 9.59 Å². The number of hydrogen-bond donors (Lipinski definition) is 1. The number of rotatable bonds is 8. The Hall–Kier alpha value is -3.60. The van der Waals surface area contributed by atoms with Gasteiger partial charge in [-0.25, -0.2) is 0 Å².